The van der Waals surface area contributed by atoms with Gasteiger partial charge in [0.2, 0.25) is 0 Å². The number of fused-ring (bicyclic) bond motifs is 7. The monoisotopic (exact) mass is 791 g/mol. The van der Waals surface area contributed by atoms with Crippen LogP contribution in [0, 0.1) is 0 Å². The van der Waals surface area contributed by atoms with E-state index < -0.39 is 0 Å². The summed E-state index contributed by atoms with van der Waals surface area (Å²) in [4.78, 5) is 2.53. The van der Waals surface area contributed by atoms with E-state index in [1.807, 2.05) is 6.07 Å². The van der Waals surface area contributed by atoms with Crippen LogP contribution in [0.2, 0.25) is 0 Å². The lowest BCUT2D eigenvalue weighted by molar-refractivity contribution is 0.669. The van der Waals surface area contributed by atoms with E-state index in [0.29, 0.717) is 0 Å². The standard InChI is InChI=1S/C60H41NO/c1-60(43-23-6-3-7-24-43)51-31-12-8-28-50(51)59-52(60)32-18-35-55(59)61(53-33-13-9-25-44(53)42-37-38-48-47-27-11-15-36-56(47)62-57(48)39-42)54-34-14-10-26-46(54)49-30-17-22-41-21-16-29-45(58(41)49)40-19-4-2-5-20-40/h2-39H,1H3. The van der Waals surface area contributed by atoms with Crippen molar-refractivity contribution in [2.24, 2.45) is 0 Å². The minimum atomic E-state index is -0.361. The number of rotatable bonds is 7. The van der Waals surface area contributed by atoms with Gasteiger partial charge in [-0.05, 0) is 98.6 Å². The van der Waals surface area contributed by atoms with E-state index in [1.165, 1.54) is 55.3 Å². The van der Waals surface area contributed by atoms with Crippen molar-refractivity contribution < 1.29 is 4.42 Å². The van der Waals surface area contributed by atoms with Crippen LogP contribution in [0.1, 0.15) is 23.6 Å². The third kappa shape index (κ3) is 5.50. The molecule has 0 amide bonds. The number of anilines is 3. The second-order valence-electron chi connectivity index (χ2n) is 16.5. The second kappa shape index (κ2) is 14.4. The molecule has 1 aliphatic carbocycles. The molecule has 1 aliphatic rings. The van der Waals surface area contributed by atoms with Gasteiger partial charge in [0.15, 0.2) is 0 Å². The maximum atomic E-state index is 6.50. The van der Waals surface area contributed by atoms with Gasteiger partial charge in [-0.3, -0.25) is 0 Å². The van der Waals surface area contributed by atoms with Crippen LogP contribution in [0.3, 0.4) is 0 Å². The van der Waals surface area contributed by atoms with Crippen LogP contribution in [-0.2, 0) is 5.41 Å². The van der Waals surface area contributed by atoms with Crippen LogP contribution in [0.5, 0.6) is 0 Å². The molecule has 1 heterocycles. The molecule has 1 aromatic heterocycles. The third-order valence-electron chi connectivity index (χ3n) is 13.2. The molecule has 292 valence electrons. The van der Waals surface area contributed by atoms with Gasteiger partial charge >= 0.3 is 0 Å². The highest BCUT2D eigenvalue weighted by molar-refractivity contribution is 6.11. The van der Waals surface area contributed by atoms with Crippen molar-refractivity contribution in [2.75, 3.05) is 4.90 Å². The van der Waals surface area contributed by atoms with Crippen molar-refractivity contribution in [3.8, 4) is 44.5 Å². The van der Waals surface area contributed by atoms with E-state index in [9.17, 15) is 0 Å². The lowest BCUT2D eigenvalue weighted by atomic mass is 9.74. The highest BCUT2D eigenvalue weighted by Crippen LogP contribution is 2.58. The van der Waals surface area contributed by atoms with E-state index in [2.05, 4.69) is 236 Å². The summed E-state index contributed by atoms with van der Waals surface area (Å²) in [7, 11) is 0. The van der Waals surface area contributed by atoms with Crippen LogP contribution >= 0.6 is 0 Å². The second-order valence-corrected chi connectivity index (χ2v) is 16.5. The molecule has 0 N–H and O–H groups in total. The fourth-order valence-electron chi connectivity index (χ4n) is 10.3. The Balaban J connectivity index is 1.16. The Bertz CT molecular complexity index is 3490. The van der Waals surface area contributed by atoms with E-state index in [4.69, 9.17) is 4.42 Å². The van der Waals surface area contributed by atoms with Crippen LogP contribution in [0.25, 0.3) is 77.2 Å². The Labute approximate surface area is 361 Å². The molecular formula is C60H41NO. The highest BCUT2D eigenvalue weighted by Gasteiger charge is 2.42. The van der Waals surface area contributed by atoms with Crippen molar-refractivity contribution in [2.45, 2.75) is 12.3 Å². The lowest BCUT2D eigenvalue weighted by Crippen LogP contribution is -2.22. The highest BCUT2D eigenvalue weighted by atomic mass is 16.3. The summed E-state index contributed by atoms with van der Waals surface area (Å²) in [5.74, 6) is 0. The summed E-state index contributed by atoms with van der Waals surface area (Å²) in [5, 5.41) is 4.69. The Morgan fingerprint density at radius 3 is 1.74 bits per heavy atom. The molecule has 0 aliphatic heterocycles. The summed E-state index contributed by atoms with van der Waals surface area (Å²) in [6.07, 6.45) is 0. The molecule has 62 heavy (non-hydrogen) atoms. The summed E-state index contributed by atoms with van der Waals surface area (Å²) < 4.78 is 6.50. The van der Waals surface area contributed by atoms with Crippen LogP contribution in [0.4, 0.5) is 17.1 Å². The molecular weight excluding hydrogens is 751 g/mol. The van der Waals surface area contributed by atoms with Gasteiger partial charge in [0, 0.05) is 32.9 Å². The fraction of sp³-hybridized carbons (Fsp3) is 0.0333. The van der Waals surface area contributed by atoms with Gasteiger partial charge in [-0.25, -0.2) is 0 Å². The molecule has 0 saturated heterocycles. The predicted octanol–water partition coefficient (Wildman–Crippen LogP) is 16.5. The topological polar surface area (TPSA) is 16.4 Å². The number of hydrogen-bond donors (Lipinski definition) is 0. The van der Waals surface area contributed by atoms with E-state index in [-0.39, 0.29) is 5.41 Å². The van der Waals surface area contributed by atoms with E-state index in [0.717, 1.165) is 55.7 Å². The normalized spacial score (nSPS) is 14.3. The maximum absolute atomic E-state index is 6.50. The van der Waals surface area contributed by atoms with Crippen molar-refractivity contribution in [3.05, 3.63) is 247 Å². The van der Waals surface area contributed by atoms with Gasteiger partial charge < -0.3 is 9.32 Å². The molecule has 2 nitrogen and oxygen atoms in total. The smallest absolute Gasteiger partial charge is 0.136 e. The molecule has 0 bridgehead atoms. The summed E-state index contributed by atoms with van der Waals surface area (Å²) in [6.45, 7) is 2.40. The Morgan fingerprint density at radius 2 is 0.935 bits per heavy atom. The Kier molecular flexibility index (Phi) is 8.33. The van der Waals surface area contributed by atoms with Crippen molar-refractivity contribution in [3.63, 3.8) is 0 Å². The number of hydrogen-bond acceptors (Lipinski definition) is 2. The molecule has 2 heteroatoms. The molecule has 0 radical (unpaired) electrons. The largest absolute Gasteiger partial charge is 0.456 e. The first-order valence-electron chi connectivity index (χ1n) is 21.4. The zero-order chi connectivity index (χ0) is 41.2. The number of para-hydroxylation sites is 3. The number of nitrogens with zero attached hydrogens (tertiary/aromatic N) is 1. The summed E-state index contributed by atoms with van der Waals surface area (Å²) in [5.41, 5.74) is 18.1. The van der Waals surface area contributed by atoms with Crippen LogP contribution in [0.15, 0.2) is 235 Å². The minimum absolute atomic E-state index is 0.361. The molecule has 12 rings (SSSR count). The van der Waals surface area contributed by atoms with Gasteiger partial charge in [0.25, 0.3) is 0 Å². The maximum Gasteiger partial charge on any atom is 0.136 e. The molecule has 0 spiro atoms. The van der Waals surface area contributed by atoms with Gasteiger partial charge in [-0.15, -0.1) is 0 Å². The average molecular weight is 792 g/mol. The SMILES string of the molecule is CC1(c2ccccc2)c2ccccc2-c2c(N(c3ccccc3-c3ccc4c(c3)oc3ccccc34)c3ccccc3-c3cccc4cccc(-c5ccccc5)c34)cccc21. The fourth-order valence-corrected chi connectivity index (χ4v) is 10.3. The zero-order valence-electron chi connectivity index (χ0n) is 34.3. The number of benzene rings is 10. The van der Waals surface area contributed by atoms with Crippen LogP contribution in [-0.4, -0.2) is 0 Å². The first-order valence-corrected chi connectivity index (χ1v) is 21.4. The molecule has 11 aromatic rings. The molecule has 0 fully saturated rings. The lowest BCUT2D eigenvalue weighted by Gasteiger charge is -2.33. The van der Waals surface area contributed by atoms with Gasteiger partial charge in [0.05, 0.1) is 17.1 Å². The first kappa shape index (κ1) is 36.0. The van der Waals surface area contributed by atoms with Crippen molar-refractivity contribution in [1.29, 1.82) is 0 Å². The van der Waals surface area contributed by atoms with E-state index in [1.54, 1.807) is 0 Å². The van der Waals surface area contributed by atoms with Gasteiger partial charge in [0.1, 0.15) is 11.2 Å². The zero-order valence-corrected chi connectivity index (χ0v) is 34.3. The quantitative estimate of drug-likeness (QED) is 0.160. The molecule has 0 saturated carbocycles. The molecule has 1 unspecified atom stereocenters. The number of furan rings is 1. The molecule has 10 aromatic carbocycles. The van der Waals surface area contributed by atoms with Gasteiger partial charge in [-0.2, -0.15) is 0 Å². The molecule has 1 atom stereocenters. The Morgan fingerprint density at radius 1 is 0.371 bits per heavy atom. The average Bonchev–Trinajstić information content (AvgIpc) is 3.85. The van der Waals surface area contributed by atoms with Crippen molar-refractivity contribution in [1.82, 2.24) is 0 Å². The Hall–Kier alpha value is -7.94. The van der Waals surface area contributed by atoms with Gasteiger partial charge in [-0.1, -0.05) is 194 Å². The first-order chi connectivity index (χ1) is 30.7. The third-order valence-corrected chi connectivity index (χ3v) is 13.2. The van der Waals surface area contributed by atoms with E-state index >= 15 is 0 Å². The predicted molar refractivity (Wildman–Crippen MR) is 260 cm³/mol. The van der Waals surface area contributed by atoms with Crippen LogP contribution < -0.4 is 4.90 Å². The summed E-state index contributed by atoms with van der Waals surface area (Å²) >= 11 is 0. The minimum Gasteiger partial charge on any atom is -0.456 e. The van der Waals surface area contributed by atoms with Crippen molar-refractivity contribution >= 4 is 49.8 Å². The summed E-state index contributed by atoms with van der Waals surface area (Å²) in [6, 6.07) is 83.9.